The molecule has 0 heterocycles. The molecular formula is C5H4ClF5O2. The van der Waals surface area contributed by atoms with E-state index in [0.717, 1.165) is 0 Å². The molecule has 0 aliphatic heterocycles. The van der Waals surface area contributed by atoms with Crippen LogP contribution in [0.4, 0.5) is 22.0 Å². The number of alkyl halides is 6. The highest BCUT2D eigenvalue weighted by Gasteiger charge is 2.60. The molecule has 2 nitrogen and oxygen atoms in total. The number of carbonyl (C=O) groups excluding carboxylic acids is 1. The highest BCUT2D eigenvalue weighted by atomic mass is 35.5. The number of ether oxygens (including phenoxy) is 1. The lowest BCUT2D eigenvalue weighted by Crippen LogP contribution is -2.42. The van der Waals surface area contributed by atoms with Crippen LogP contribution in [0, 0.1) is 5.92 Å². The standard InChI is InChI=1S/C5H4ClF5O2/c1-13-3(12)2(4(6,7)8)5(9,10)11/h2H,1H3. The summed E-state index contributed by atoms with van der Waals surface area (Å²) in [5.41, 5.74) is 0. The predicted molar refractivity (Wildman–Crippen MR) is 32.4 cm³/mol. The van der Waals surface area contributed by atoms with Gasteiger partial charge in [0.25, 0.3) is 0 Å². The van der Waals surface area contributed by atoms with Gasteiger partial charge in [-0.25, -0.2) is 0 Å². The fourth-order valence-electron chi connectivity index (χ4n) is 0.571. The minimum atomic E-state index is -5.43. The summed E-state index contributed by atoms with van der Waals surface area (Å²) >= 11 is 4.10. The van der Waals surface area contributed by atoms with Crippen LogP contribution in [-0.4, -0.2) is 24.6 Å². The Morgan fingerprint density at radius 3 is 1.77 bits per heavy atom. The molecule has 0 radical (unpaired) electrons. The molecule has 13 heavy (non-hydrogen) atoms. The second-order valence-electron chi connectivity index (χ2n) is 2.04. The highest BCUT2D eigenvalue weighted by Crippen LogP contribution is 2.41. The van der Waals surface area contributed by atoms with Gasteiger partial charge < -0.3 is 4.74 Å². The van der Waals surface area contributed by atoms with Crippen LogP contribution in [0.5, 0.6) is 0 Å². The molecule has 0 aromatic rings. The van der Waals surface area contributed by atoms with Crippen LogP contribution < -0.4 is 0 Å². The second kappa shape index (κ2) is 3.65. The van der Waals surface area contributed by atoms with Gasteiger partial charge in [0.05, 0.1) is 7.11 Å². The van der Waals surface area contributed by atoms with E-state index < -0.39 is 23.4 Å². The van der Waals surface area contributed by atoms with Crippen LogP contribution >= 0.6 is 11.6 Å². The van der Waals surface area contributed by atoms with E-state index >= 15 is 0 Å². The maximum Gasteiger partial charge on any atom is 0.409 e. The van der Waals surface area contributed by atoms with Crippen molar-refractivity contribution in [3.8, 4) is 0 Å². The molecule has 78 valence electrons. The average molecular weight is 227 g/mol. The van der Waals surface area contributed by atoms with Crippen molar-refractivity contribution in [2.75, 3.05) is 7.11 Å². The number of halogens is 6. The maximum atomic E-state index is 12.1. The minimum Gasteiger partial charge on any atom is -0.468 e. The predicted octanol–water partition coefficient (Wildman–Crippen LogP) is 2.17. The number of carbonyl (C=O) groups is 1. The number of esters is 1. The molecule has 1 unspecified atom stereocenters. The first-order chi connectivity index (χ1) is 5.60. The Kier molecular flexibility index (Phi) is 3.48. The second-order valence-corrected chi connectivity index (χ2v) is 2.54. The van der Waals surface area contributed by atoms with Gasteiger partial charge in [-0.2, -0.15) is 22.0 Å². The topological polar surface area (TPSA) is 26.3 Å². The summed E-state index contributed by atoms with van der Waals surface area (Å²) in [4.78, 5) is 10.3. The first kappa shape index (κ1) is 12.4. The first-order valence-corrected chi connectivity index (χ1v) is 3.19. The van der Waals surface area contributed by atoms with E-state index in [1.54, 1.807) is 0 Å². The van der Waals surface area contributed by atoms with E-state index in [1.165, 1.54) is 0 Å². The lowest BCUT2D eigenvalue weighted by molar-refractivity contribution is -0.226. The van der Waals surface area contributed by atoms with Crippen molar-refractivity contribution < 1.29 is 31.5 Å². The average Bonchev–Trinajstić information content (AvgIpc) is 1.80. The molecule has 0 saturated carbocycles. The molecule has 0 spiro atoms. The molecular weight excluding hydrogens is 222 g/mol. The largest absolute Gasteiger partial charge is 0.468 e. The number of hydrogen-bond donors (Lipinski definition) is 0. The van der Waals surface area contributed by atoms with Crippen LogP contribution in [-0.2, 0) is 9.53 Å². The van der Waals surface area contributed by atoms with Crippen molar-refractivity contribution in [3.05, 3.63) is 0 Å². The normalized spacial score (nSPS) is 15.3. The van der Waals surface area contributed by atoms with Gasteiger partial charge in [0.15, 0.2) is 0 Å². The molecule has 0 fully saturated rings. The number of rotatable bonds is 2. The van der Waals surface area contributed by atoms with Crippen LogP contribution in [0.3, 0.4) is 0 Å². The Balaban J connectivity index is 4.89. The van der Waals surface area contributed by atoms with Gasteiger partial charge in [-0.05, 0) is 11.6 Å². The fourth-order valence-corrected chi connectivity index (χ4v) is 0.783. The SMILES string of the molecule is COC(=O)C(C(F)(F)F)C(F)(F)Cl. The third-order valence-electron chi connectivity index (χ3n) is 1.09. The van der Waals surface area contributed by atoms with Gasteiger partial charge in [0.1, 0.15) is 0 Å². The Bertz CT molecular complexity index is 182. The van der Waals surface area contributed by atoms with Crippen LogP contribution in [0.25, 0.3) is 0 Å². The van der Waals surface area contributed by atoms with E-state index in [-0.39, 0.29) is 0 Å². The van der Waals surface area contributed by atoms with Gasteiger partial charge >= 0.3 is 17.5 Å². The van der Waals surface area contributed by atoms with Crippen molar-refractivity contribution in [1.29, 1.82) is 0 Å². The summed E-state index contributed by atoms with van der Waals surface area (Å²) in [7, 11) is 0.559. The summed E-state index contributed by atoms with van der Waals surface area (Å²) in [6.45, 7) is 0. The Morgan fingerprint density at radius 1 is 1.31 bits per heavy atom. The van der Waals surface area contributed by atoms with Crippen LogP contribution in [0.15, 0.2) is 0 Å². The van der Waals surface area contributed by atoms with Crippen molar-refractivity contribution in [2.45, 2.75) is 11.6 Å². The van der Waals surface area contributed by atoms with Gasteiger partial charge in [-0.15, -0.1) is 0 Å². The molecule has 0 amide bonds. The van der Waals surface area contributed by atoms with Gasteiger partial charge in [-0.1, -0.05) is 0 Å². The quantitative estimate of drug-likeness (QED) is 0.410. The van der Waals surface area contributed by atoms with Crippen molar-refractivity contribution in [3.63, 3.8) is 0 Å². The van der Waals surface area contributed by atoms with Crippen molar-refractivity contribution in [2.24, 2.45) is 5.92 Å². The Hall–Kier alpha value is -0.590. The van der Waals surface area contributed by atoms with Gasteiger partial charge in [0.2, 0.25) is 5.92 Å². The highest BCUT2D eigenvalue weighted by molar-refractivity contribution is 6.23. The lowest BCUT2D eigenvalue weighted by Gasteiger charge is -2.21. The monoisotopic (exact) mass is 226 g/mol. The summed E-state index contributed by atoms with van der Waals surface area (Å²) < 4.78 is 63.0. The molecule has 8 heteroatoms. The Labute approximate surface area is 74.6 Å². The molecule has 0 saturated heterocycles. The van der Waals surface area contributed by atoms with E-state index in [2.05, 4.69) is 16.3 Å². The minimum absolute atomic E-state index is 0.559. The fraction of sp³-hybridized carbons (Fsp3) is 0.800. The molecule has 0 aromatic heterocycles. The van der Waals surface area contributed by atoms with E-state index in [9.17, 15) is 26.7 Å². The molecule has 0 aliphatic carbocycles. The van der Waals surface area contributed by atoms with E-state index in [1.807, 2.05) is 0 Å². The lowest BCUT2D eigenvalue weighted by atomic mass is 10.1. The maximum absolute atomic E-state index is 12.1. The molecule has 0 rings (SSSR count). The van der Waals surface area contributed by atoms with Crippen molar-refractivity contribution in [1.82, 2.24) is 0 Å². The van der Waals surface area contributed by atoms with Crippen molar-refractivity contribution >= 4 is 17.6 Å². The summed E-state index contributed by atoms with van der Waals surface area (Å²) in [6.07, 6.45) is -5.43. The molecule has 0 N–H and O–H groups in total. The Morgan fingerprint density at radius 2 is 1.69 bits per heavy atom. The zero-order chi connectivity index (χ0) is 10.9. The third-order valence-corrected chi connectivity index (χ3v) is 1.31. The molecule has 0 aromatic carbocycles. The summed E-state index contributed by atoms with van der Waals surface area (Å²) in [5.74, 6) is -5.75. The smallest absolute Gasteiger partial charge is 0.409 e. The first-order valence-electron chi connectivity index (χ1n) is 2.82. The van der Waals surface area contributed by atoms with Gasteiger partial charge in [0, 0.05) is 0 Å². The zero-order valence-corrected chi connectivity index (χ0v) is 6.92. The molecule has 1 atom stereocenters. The molecule has 0 aliphatic rings. The van der Waals surface area contributed by atoms with Crippen LogP contribution in [0.1, 0.15) is 0 Å². The van der Waals surface area contributed by atoms with Gasteiger partial charge in [-0.3, -0.25) is 4.79 Å². The zero-order valence-electron chi connectivity index (χ0n) is 6.16. The molecule has 0 bridgehead atoms. The number of hydrogen-bond acceptors (Lipinski definition) is 2. The van der Waals surface area contributed by atoms with Crippen LogP contribution in [0.2, 0.25) is 0 Å². The van der Waals surface area contributed by atoms with E-state index in [0.29, 0.717) is 7.11 Å². The van der Waals surface area contributed by atoms with E-state index in [4.69, 9.17) is 0 Å². The summed E-state index contributed by atoms with van der Waals surface area (Å²) in [5, 5.41) is -4.70. The number of methoxy groups -OCH3 is 1. The third kappa shape index (κ3) is 3.33. The summed E-state index contributed by atoms with van der Waals surface area (Å²) in [6, 6.07) is 0.